The van der Waals surface area contributed by atoms with Crippen molar-refractivity contribution < 1.29 is 13.6 Å². The maximum Gasteiger partial charge on any atom is 0.268 e. The molecule has 0 aliphatic heterocycles. The van der Waals surface area contributed by atoms with E-state index in [0.29, 0.717) is 16.5 Å². The van der Waals surface area contributed by atoms with Gasteiger partial charge in [0.15, 0.2) is 0 Å². The third kappa shape index (κ3) is 2.27. The quantitative estimate of drug-likeness (QED) is 0.459. The minimum Gasteiger partial charge on any atom is -0.411 e. The smallest absolute Gasteiger partial charge is 0.268 e. The minimum atomic E-state index is -3.71. The molecule has 0 saturated carbocycles. The van der Waals surface area contributed by atoms with Gasteiger partial charge < -0.3 is 5.21 Å². The van der Waals surface area contributed by atoms with Crippen LogP contribution in [0.5, 0.6) is 0 Å². The number of aromatic nitrogens is 1. The van der Waals surface area contributed by atoms with Gasteiger partial charge in [0.1, 0.15) is 0 Å². The van der Waals surface area contributed by atoms with E-state index in [0.717, 1.165) is 5.56 Å². The second-order valence-corrected chi connectivity index (χ2v) is 6.78. The molecule has 6 heteroatoms. The largest absolute Gasteiger partial charge is 0.411 e. The molecule has 0 unspecified atom stereocenters. The third-order valence-corrected chi connectivity index (χ3v) is 5.17. The van der Waals surface area contributed by atoms with Crippen LogP contribution in [-0.4, -0.2) is 23.8 Å². The monoisotopic (exact) mass is 314 g/mol. The molecule has 2 aromatic carbocycles. The summed E-state index contributed by atoms with van der Waals surface area (Å²) in [5.41, 5.74) is 2.07. The number of para-hydroxylation sites is 1. The van der Waals surface area contributed by atoms with Gasteiger partial charge in [0.2, 0.25) is 0 Å². The molecular formula is C16H14N2O3S. The van der Waals surface area contributed by atoms with E-state index in [-0.39, 0.29) is 4.90 Å². The standard InChI is InChI=1S/C16H14N2O3S/c1-12-6-8-14(9-7-12)22(20,21)18-11-13(10-17-19)15-4-2-3-5-16(15)18/h2-11,19H,1H3. The minimum absolute atomic E-state index is 0.214. The van der Waals surface area contributed by atoms with Crippen molar-refractivity contribution in [2.45, 2.75) is 11.8 Å². The maximum atomic E-state index is 12.8. The van der Waals surface area contributed by atoms with Gasteiger partial charge in [0, 0.05) is 17.1 Å². The van der Waals surface area contributed by atoms with Gasteiger partial charge in [-0.05, 0) is 25.1 Å². The third-order valence-electron chi connectivity index (χ3n) is 3.48. The van der Waals surface area contributed by atoms with Crippen LogP contribution < -0.4 is 0 Å². The van der Waals surface area contributed by atoms with Gasteiger partial charge in [0.25, 0.3) is 10.0 Å². The normalized spacial score (nSPS) is 12.2. The Hall–Kier alpha value is -2.60. The molecule has 1 N–H and O–H groups in total. The highest BCUT2D eigenvalue weighted by molar-refractivity contribution is 7.90. The summed E-state index contributed by atoms with van der Waals surface area (Å²) >= 11 is 0. The van der Waals surface area contributed by atoms with E-state index in [1.54, 1.807) is 48.5 Å². The summed E-state index contributed by atoms with van der Waals surface area (Å²) in [6, 6.07) is 13.8. The summed E-state index contributed by atoms with van der Waals surface area (Å²) in [5.74, 6) is 0. The highest BCUT2D eigenvalue weighted by atomic mass is 32.2. The van der Waals surface area contributed by atoms with E-state index in [1.165, 1.54) is 16.4 Å². The van der Waals surface area contributed by atoms with Gasteiger partial charge in [-0.3, -0.25) is 0 Å². The lowest BCUT2D eigenvalue weighted by atomic mass is 10.2. The summed E-state index contributed by atoms with van der Waals surface area (Å²) in [5, 5.41) is 12.5. The van der Waals surface area contributed by atoms with Crippen molar-refractivity contribution in [3.63, 3.8) is 0 Å². The summed E-state index contributed by atoms with van der Waals surface area (Å²) in [6.07, 6.45) is 2.68. The number of oxime groups is 1. The summed E-state index contributed by atoms with van der Waals surface area (Å²) in [4.78, 5) is 0.214. The second-order valence-electron chi connectivity index (χ2n) is 4.96. The van der Waals surface area contributed by atoms with E-state index in [9.17, 15) is 8.42 Å². The molecule has 1 heterocycles. The molecule has 0 amide bonds. The van der Waals surface area contributed by atoms with Crippen molar-refractivity contribution in [2.24, 2.45) is 5.16 Å². The first-order chi connectivity index (χ1) is 10.5. The van der Waals surface area contributed by atoms with E-state index < -0.39 is 10.0 Å². The van der Waals surface area contributed by atoms with Gasteiger partial charge in [-0.25, -0.2) is 12.4 Å². The number of nitrogens with zero attached hydrogens (tertiary/aromatic N) is 2. The summed E-state index contributed by atoms with van der Waals surface area (Å²) in [7, 11) is -3.71. The summed E-state index contributed by atoms with van der Waals surface area (Å²) < 4.78 is 26.9. The molecular weight excluding hydrogens is 300 g/mol. The Kier molecular flexibility index (Phi) is 3.46. The van der Waals surface area contributed by atoms with Crippen molar-refractivity contribution in [1.82, 2.24) is 3.97 Å². The molecule has 0 spiro atoms. The molecule has 5 nitrogen and oxygen atoms in total. The van der Waals surface area contributed by atoms with Crippen LogP contribution in [0.2, 0.25) is 0 Å². The highest BCUT2D eigenvalue weighted by Crippen LogP contribution is 2.25. The van der Waals surface area contributed by atoms with Crippen molar-refractivity contribution in [2.75, 3.05) is 0 Å². The number of hydrogen-bond acceptors (Lipinski definition) is 4. The van der Waals surface area contributed by atoms with Crippen LogP contribution >= 0.6 is 0 Å². The zero-order chi connectivity index (χ0) is 15.7. The van der Waals surface area contributed by atoms with Crippen molar-refractivity contribution >= 4 is 27.1 Å². The van der Waals surface area contributed by atoms with Gasteiger partial charge >= 0.3 is 0 Å². The molecule has 3 aromatic rings. The Balaban J connectivity index is 2.27. The van der Waals surface area contributed by atoms with Gasteiger partial charge in [-0.1, -0.05) is 41.1 Å². The lowest BCUT2D eigenvalue weighted by molar-refractivity contribution is 0.322. The van der Waals surface area contributed by atoms with Crippen LogP contribution in [0.25, 0.3) is 10.9 Å². The number of aryl methyl sites for hydroxylation is 1. The van der Waals surface area contributed by atoms with E-state index in [4.69, 9.17) is 5.21 Å². The van der Waals surface area contributed by atoms with Crippen LogP contribution in [0.1, 0.15) is 11.1 Å². The van der Waals surface area contributed by atoms with E-state index >= 15 is 0 Å². The first kappa shape index (κ1) is 14.3. The highest BCUT2D eigenvalue weighted by Gasteiger charge is 2.20. The van der Waals surface area contributed by atoms with Gasteiger partial charge in [-0.2, -0.15) is 0 Å². The van der Waals surface area contributed by atoms with Gasteiger partial charge in [-0.15, -0.1) is 0 Å². The average molecular weight is 314 g/mol. The number of fused-ring (bicyclic) bond motifs is 1. The SMILES string of the molecule is Cc1ccc(S(=O)(=O)n2cc(C=NO)c3ccccc32)cc1. The fraction of sp³-hybridized carbons (Fsp3) is 0.0625. The second kappa shape index (κ2) is 5.31. The Morgan fingerprint density at radius 2 is 1.77 bits per heavy atom. The lowest BCUT2D eigenvalue weighted by Crippen LogP contribution is -2.11. The molecule has 3 rings (SSSR count). The van der Waals surface area contributed by atoms with E-state index in [1.807, 2.05) is 6.92 Å². The first-order valence-corrected chi connectivity index (χ1v) is 8.08. The molecule has 0 aliphatic carbocycles. The molecule has 0 radical (unpaired) electrons. The van der Waals surface area contributed by atoms with Crippen molar-refractivity contribution in [3.8, 4) is 0 Å². The van der Waals surface area contributed by atoms with Crippen LogP contribution in [0.3, 0.4) is 0 Å². The maximum absolute atomic E-state index is 12.8. The zero-order valence-corrected chi connectivity index (χ0v) is 12.7. The fourth-order valence-corrected chi connectivity index (χ4v) is 3.74. The topological polar surface area (TPSA) is 71.7 Å². The predicted octanol–water partition coefficient (Wildman–Crippen LogP) is 2.99. The molecule has 1 aromatic heterocycles. The Morgan fingerprint density at radius 3 is 2.45 bits per heavy atom. The Morgan fingerprint density at radius 1 is 1.09 bits per heavy atom. The molecule has 22 heavy (non-hydrogen) atoms. The lowest BCUT2D eigenvalue weighted by Gasteiger charge is -2.07. The van der Waals surface area contributed by atoms with Crippen molar-refractivity contribution in [1.29, 1.82) is 0 Å². The van der Waals surface area contributed by atoms with Crippen LogP contribution in [-0.2, 0) is 10.0 Å². The number of benzene rings is 2. The average Bonchev–Trinajstić information content (AvgIpc) is 2.88. The molecule has 112 valence electrons. The zero-order valence-electron chi connectivity index (χ0n) is 11.8. The number of rotatable bonds is 3. The molecule has 0 fully saturated rings. The Labute approximate surface area is 128 Å². The summed E-state index contributed by atoms with van der Waals surface area (Å²) in [6.45, 7) is 1.90. The van der Waals surface area contributed by atoms with Gasteiger partial charge in [0.05, 0.1) is 16.6 Å². The van der Waals surface area contributed by atoms with Crippen LogP contribution in [0.4, 0.5) is 0 Å². The molecule has 0 bridgehead atoms. The fourth-order valence-electron chi connectivity index (χ4n) is 2.36. The molecule has 0 aliphatic rings. The first-order valence-electron chi connectivity index (χ1n) is 6.64. The predicted molar refractivity (Wildman–Crippen MR) is 85.1 cm³/mol. The number of hydrogen-bond donors (Lipinski definition) is 1. The van der Waals surface area contributed by atoms with Crippen LogP contribution in [0.15, 0.2) is 64.8 Å². The molecule has 0 saturated heterocycles. The Bertz CT molecular complexity index is 955. The van der Waals surface area contributed by atoms with Crippen molar-refractivity contribution in [3.05, 3.63) is 65.9 Å². The molecule has 0 atom stereocenters. The van der Waals surface area contributed by atoms with E-state index in [2.05, 4.69) is 5.16 Å². The van der Waals surface area contributed by atoms with Crippen LogP contribution in [0, 0.1) is 6.92 Å².